The van der Waals surface area contributed by atoms with Gasteiger partial charge in [0.15, 0.2) is 0 Å². The van der Waals surface area contributed by atoms with Crippen molar-refractivity contribution in [2.24, 2.45) is 5.92 Å². The first-order valence-electron chi connectivity index (χ1n) is 5.22. The first kappa shape index (κ1) is 11.1. The molecule has 88 valence electrons. The van der Waals surface area contributed by atoms with Gasteiger partial charge in [0.1, 0.15) is 12.6 Å². The van der Waals surface area contributed by atoms with Crippen LogP contribution in [0.15, 0.2) is 23.9 Å². The third kappa shape index (κ3) is 1.94. The Hall–Kier alpha value is -1.39. The number of ether oxygens (including phenoxy) is 1. The number of hydrogen-bond acceptors (Lipinski definition) is 2. The van der Waals surface area contributed by atoms with Gasteiger partial charge in [0.25, 0.3) is 6.43 Å². The SMILES string of the molecule is CC1C=C(N2C(=O)OC[C@H]2C(F)F)C=CC1. The van der Waals surface area contributed by atoms with Crippen LogP contribution < -0.4 is 0 Å². The number of rotatable bonds is 2. The molecule has 1 unspecified atom stereocenters. The van der Waals surface area contributed by atoms with E-state index in [1.807, 2.05) is 19.1 Å². The first-order chi connectivity index (χ1) is 7.59. The van der Waals surface area contributed by atoms with E-state index in [1.165, 1.54) is 0 Å². The second-order valence-corrected chi connectivity index (χ2v) is 4.06. The zero-order valence-electron chi connectivity index (χ0n) is 8.90. The highest BCUT2D eigenvalue weighted by atomic mass is 19.3. The molecular formula is C11H13F2NO2. The largest absolute Gasteiger partial charge is 0.447 e. The highest BCUT2D eigenvalue weighted by Crippen LogP contribution is 2.27. The Kier molecular flexibility index (Phi) is 2.94. The van der Waals surface area contributed by atoms with E-state index < -0.39 is 18.6 Å². The van der Waals surface area contributed by atoms with E-state index in [4.69, 9.17) is 0 Å². The molecule has 1 heterocycles. The smallest absolute Gasteiger partial charge is 0.414 e. The van der Waals surface area contributed by atoms with Crippen molar-refractivity contribution in [1.29, 1.82) is 0 Å². The van der Waals surface area contributed by atoms with Gasteiger partial charge in [-0.15, -0.1) is 0 Å². The monoisotopic (exact) mass is 229 g/mol. The molecule has 1 fully saturated rings. The van der Waals surface area contributed by atoms with Crippen molar-refractivity contribution in [3.05, 3.63) is 23.9 Å². The van der Waals surface area contributed by atoms with Crippen LogP contribution in [-0.4, -0.2) is 30.1 Å². The number of carbonyl (C=O) groups is 1. The van der Waals surface area contributed by atoms with E-state index in [0.717, 1.165) is 11.3 Å². The Labute approximate surface area is 92.4 Å². The summed E-state index contributed by atoms with van der Waals surface area (Å²) in [6.07, 6.45) is 3.00. The Morgan fingerprint density at radius 1 is 1.56 bits per heavy atom. The van der Waals surface area contributed by atoms with Gasteiger partial charge in [-0.1, -0.05) is 19.1 Å². The molecule has 0 saturated carbocycles. The lowest BCUT2D eigenvalue weighted by atomic mass is 10.0. The molecule has 0 aromatic rings. The van der Waals surface area contributed by atoms with E-state index >= 15 is 0 Å². The summed E-state index contributed by atoms with van der Waals surface area (Å²) in [5, 5.41) is 0. The molecule has 1 saturated heterocycles. The predicted molar refractivity (Wildman–Crippen MR) is 54.0 cm³/mol. The third-order valence-electron chi connectivity index (χ3n) is 2.73. The minimum absolute atomic E-state index is 0.240. The summed E-state index contributed by atoms with van der Waals surface area (Å²) >= 11 is 0. The van der Waals surface area contributed by atoms with Crippen LogP contribution in [0.2, 0.25) is 0 Å². The second kappa shape index (κ2) is 4.23. The summed E-state index contributed by atoms with van der Waals surface area (Å²) in [6, 6.07) is -1.16. The molecule has 0 N–H and O–H groups in total. The van der Waals surface area contributed by atoms with Crippen LogP contribution in [0.3, 0.4) is 0 Å². The summed E-state index contributed by atoms with van der Waals surface area (Å²) in [5.74, 6) is 0.256. The van der Waals surface area contributed by atoms with E-state index in [2.05, 4.69) is 4.74 Å². The van der Waals surface area contributed by atoms with E-state index in [0.29, 0.717) is 5.70 Å². The second-order valence-electron chi connectivity index (χ2n) is 4.06. The molecule has 16 heavy (non-hydrogen) atoms. The van der Waals surface area contributed by atoms with Crippen molar-refractivity contribution < 1.29 is 18.3 Å². The van der Waals surface area contributed by atoms with Gasteiger partial charge in [0, 0.05) is 5.70 Å². The van der Waals surface area contributed by atoms with Gasteiger partial charge in [-0.2, -0.15) is 0 Å². The van der Waals surface area contributed by atoms with Crippen LogP contribution in [0, 0.1) is 5.92 Å². The van der Waals surface area contributed by atoms with Crippen molar-refractivity contribution in [3.63, 3.8) is 0 Å². The normalized spacial score (nSPS) is 29.6. The van der Waals surface area contributed by atoms with Crippen LogP contribution in [0.1, 0.15) is 13.3 Å². The Morgan fingerprint density at radius 2 is 2.31 bits per heavy atom. The van der Waals surface area contributed by atoms with Crippen molar-refractivity contribution in [2.45, 2.75) is 25.8 Å². The lowest BCUT2D eigenvalue weighted by molar-refractivity contribution is 0.0708. The zero-order chi connectivity index (χ0) is 11.7. The van der Waals surface area contributed by atoms with Gasteiger partial charge in [-0.25, -0.2) is 13.6 Å². The van der Waals surface area contributed by atoms with Gasteiger partial charge in [-0.3, -0.25) is 4.90 Å². The minimum atomic E-state index is -2.59. The highest BCUT2D eigenvalue weighted by Gasteiger charge is 2.40. The summed E-state index contributed by atoms with van der Waals surface area (Å²) < 4.78 is 30.0. The molecule has 1 amide bonds. The van der Waals surface area contributed by atoms with E-state index in [1.54, 1.807) is 6.08 Å². The summed E-state index contributed by atoms with van der Waals surface area (Å²) in [4.78, 5) is 12.4. The molecule has 2 aliphatic rings. The molecule has 3 nitrogen and oxygen atoms in total. The van der Waals surface area contributed by atoms with Crippen molar-refractivity contribution in [3.8, 4) is 0 Å². The summed E-state index contributed by atoms with van der Waals surface area (Å²) in [6.45, 7) is 1.73. The van der Waals surface area contributed by atoms with Gasteiger partial charge < -0.3 is 4.74 Å². The fourth-order valence-corrected chi connectivity index (χ4v) is 1.90. The van der Waals surface area contributed by atoms with Crippen LogP contribution in [0.25, 0.3) is 0 Å². The number of alkyl halides is 2. The van der Waals surface area contributed by atoms with Crippen LogP contribution in [-0.2, 0) is 4.74 Å². The van der Waals surface area contributed by atoms with E-state index in [-0.39, 0.29) is 12.5 Å². The van der Waals surface area contributed by atoms with Crippen LogP contribution in [0.5, 0.6) is 0 Å². The maximum Gasteiger partial charge on any atom is 0.414 e. The fourth-order valence-electron chi connectivity index (χ4n) is 1.90. The molecule has 5 heteroatoms. The van der Waals surface area contributed by atoms with Crippen molar-refractivity contribution in [1.82, 2.24) is 4.90 Å². The molecule has 0 radical (unpaired) electrons. The molecule has 0 spiro atoms. The van der Waals surface area contributed by atoms with Gasteiger partial charge in [0.05, 0.1) is 0 Å². The number of amides is 1. The summed E-state index contributed by atoms with van der Waals surface area (Å²) in [5.41, 5.74) is 0.520. The average Bonchev–Trinajstić information content (AvgIpc) is 2.60. The molecule has 1 aliphatic heterocycles. The highest BCUT2D eigenvalue weighted by molar-refractivity contribution is 5.73. The lowest BCUT2D eigenvalue weighted by Gasteiger charge is -2.24. The quantitative estimate of drug-likeness (QED) is 0.728. The average molecular weight is 229 g/mol. The molecule has 2 rings (SSSR count). The molecule has 2 atom stereocenters. The Bertz CT molecular complexity index is 352. The Morgan fingerprint density at radius 3 is 2.94 bits per heavy atom. The lowest BCUT2D eigenvalue weighted by Crippen LogP contribution is -2.38. The number of hydrogen-bond donors (Lipinski definition) is 0. The number of carbonyl (C=O) groups excluding carboxylic acids is 1. The zero-order valence-corrected chi connectivity index (χ0v) is 8.90. The molecule has 0 aromatic heterocycles. The topological polar surface area (TPSA) is 29.5 Å². The maximum absolute atomic E-state index is 12.7. The fraction of sp³-hybridized carbons (Fsp3) is 0.545. The number of cyclic esters (lactones) is 1. The molecular weight excluding hydrogens is 216 g/mol. The predicted octanol–water partition coefficient (Wildman–Crippen LogP) is 2.55. The molecule has 0 bridgehead atoms. The Balaban J connectivity index is 2.23. The number of halogens is 2. The number of allylic oxidation sites excluding steroid dienone is 3. The molecule has 0 aromatic carbocycles. The number of nitrogens with zero attached hydrogens (tertiary/aromatic N) is 1. The standard InChI is InChI=1S/C11H13F2NO2/c1-7-3-2-4-8(5-7)14-9(10(12)13)6-16-11(14)15/h2,4-5,7,9-10H,3,6H2,1H3/t7?,9-/m0/s1. The van der Waals surface area contributed by atoms with Crippen LogP contribution in [0.4, 0.5) is 13.6 Å². The minimum Gasteiger partial charge on any atom is -0.447 e. The van der Waals surface area contributed by atoms with Gasteiger partial charge in [0.2, 0.25) is 0 Å². The van der Waals surface area contributed by atoms with Gasteiger partial charge in [-0.05, 0) is 18.4 Å². The van der Waals surface area contributed by atoms with E-state index in [9.17, 15) is 13.6 Å². The first-order valence-corrected chi connectivity index (χ1v) is 5.22. The van der Waals surface area contributed by atoms with Crippen molar-refractivity contribution >= 4 is 6.09 Å². The molecule has 1 aliphatic carbocycles. The van der Waals surface area contributed by atoms with Gasteiger partial charge >= 0.3 is 6.09 Å². The third-order valence-corrected chi connectivity index (χ3v) is 2.73. The summed E-state index contributed by atoms with van der Waals surface area (Å²) in [7, 11) is 0. The van der Waals surface area contributed by atoms with Crippen LogP contribution >= 0.6 is 0 Å². The van der Waals surface area contributed by atoms with Crippen molar-refractivity contribution in [2.75, 3.05) is 6.61 Å². The maximum atomic E-state index is 12.7.